The Morgan fingerprint density at radius 3 is 2.89 bits per heavy atom. The molecule has 100 valence electrons. The van der Waals surface area contributed by atoms with E-state index < -0.39 is 0 Å². The largest absolute Gasteiger partial charge is 0.481 e. The third-order valence-electron chi connectivity index (χ3n) is 2.47. The van der Waals surface area contributed by atoms with Gasteiger partial charge in [-0.15, -0.1) is 0 Å². The van der Waals surface area contributed by atoms with E-state index in [1.165, 1.54) is 0 Å². The summed E-state index contributed by atoms with van der Waals surface area (Å²) in [6.07, 6.45) is 1.70. The molecule has 7 heteroatoms. The molecule has 0 fully saturated rings. The fourth-order valence-corrected chi connectivity index (χ4v) is 1.59. The minimum atomic E-state index is 0.384. The van der Waals surface area contributed by atoms with Crippen molar-refractivity contribution in [1.29, 1.82) is 0 Å². The highest BCUT2D eigenvalue weighted by molar-refractivity contribution is 5.42. The van der Waals surface area contributed by atoms with Crippen LogP contribution in [0.2, 0.25) is 0 Å². The predicted octanol–water partition coefficient (Wildman–Crippen LogP) is 1.09. The van der Waals surface area contributed by atoms with E-state index >= 15 is 0 Å². The molecule has 0 aromatic carbocycles. The molecule has 0 amide bonds. The summed E-state index contributed by atoms with van der Waals surface area (Å²) in [6, 6.07) is 5.62. The Kier molecular flexibility index (Phi) is 4.09. The number of hydrogen-bond acceptors (Lipinski definition) is 7. The lowest BCUT2D eigenvalue weighted by Gasteiger charge is -2.08. The number of ether oxygens (including phenoxy) is 1. The van der Waals surface area contributed by atoms with E-state index in [4.69, 9.17) is 10.6 Å². The number of rotatable bonds is 5. The normalized spacial score (nSPS) is 10.1. The van der Waals surface area contributed by atoms with Crippen molar-refractivity contribution in [3.8, 4) is 5.88 Å². The number of nitrogens with two attached hydrogens (primary N) is 1. The molecule has 0 aliphatic carbocycles. The quantitative estimate of drug-likeness (QED) is 0.546. The van der Waals surface area contributed by atoms with Gasteiger partial charge in [-0.3, -0.25) is 5.43 Å². The third kappa shape index (κ3) is 3.52. The van der Waals surface area contributed by atoms with Crippen LogP contribution in [0.3, 0.4) is 0 Å². The molecule has 2 aromatic rings. The molecule has 2 rings (SSSR count). The first kappa shape index (κ1) is 13.0. The van der Waals surface area contributed by atoms with Gasteiger partial charge in [-0.05, 0) is 18.6 Å². The van der Waals surface area contributed by atoms with E-state index in [9.17, 15) is 0 Å². The van der Waals surface area contributed by atoms with E-state index in [1.54, 1.807) is 13.3 Å². The Hall–Kier alpha value is -2.41. The summed E-state index contributed by atoms with van der Waals surface area (Å²) >= 11 is 0. The molecule has 19 heavy (non-hydrogen) atoms. The smallest absolute Gasteiger partial charge is 0.239 e. The number of nitrogens with one attached hydrogen (secondary N) is 2. The van der Waals surface area contributed by atoms with Gasteiger partial charge in [0.25, 0.3) is 0 Å². The fourth-order valence-electron chi connectivity index (χ4n) is 1.59. The standard InChI is InChI=1S/C12H16N6O/c1-8-5-10(17-12(16-8)18-13)15-7-9-3-4-14-11(6-9)19-2/h3-6H,7,13H2,1-2H3,(H2,15,16,17,18). The van der Waals surface area contributed by atoms with E-state index in [0.29, 0.717) is 24.2 Å². The molecule has 0 unspecified atom stereocenters. The van der Waals surface area contributed by atoms with Crippen LogP contribution in [-0.4, -0.2) is 22.1 Å². The first-order valence-electron chi connectivity index (χ1n) is 5.76. The van der Waals surface area contributed by atoms with Crippen molar-refractivity contribution in [2.24, 2.45) is 5.84 Å². The van der Waals surface area contributed by atoms with Gasteiger partial charge in [0.05, 0.1) is 7.11 Å². The molecule has 0 saturated heterocycles. The number of pyridine rings is 1. The maximum atomic E-state index is 5.31. The number of aryl methyl sites for hydroxylation is 1. The molecule has 0 bridgehead atoms. The zero-order valence-corrected chi connectivity index (χ0v) is 10.8. The molecule has 7 nitrogen and oxygen atoms in total. The fraction of sp³-hybridized carbons (Fsp3) is 0.250. The van der Waals surface area contributed by atoms with Crippen molar-refractivity contribution in [3.63, 3.8) is 0 Å². The monoisotopic (exact) mass is 260 g/mol. The molecular weight excluding hydrogens is 244 g/mol. The van der Waals surface area contributed by atoms with Crippen molar-refractivity contribution in [2.45, 2.75) is 13.5 Å². The van der Waals surface area contributed by atoms with Crippen molar-refractivity contribution < 1.29 is 4.74 Å². The zero-order chi connectivity index (χ0) is 13.7. The predicted molar refractivity (Wildman–Crippen MR) is 72.7 cm³/mol. The summed E-state index contributed by atoms with van der Waals surface area (Å²) < 4.78 is 5.07. The van der Waals surface area contributed by atoms with Crippen LogP contribution in [0, 0.1) is 6.92 Å². The molecule has 0 saturated carbocycles. The highest BCUT2D eigenvalue weighted by Gasteiger charge is 2.02. The maximum absolute atomic E-state index is 5.31. The molecule has 0 aliphatic heterocycles. The second-order valence-corrected chi connectivity index (χ2v) is 3.92. The summed E-state index contributed by atoms with van der Waals surface area (Å²) in [5.41, 5.74) is 4.31. The van der Waals surface area contributed by atoms with E-state index in [-0.39, 0.29) is 0 Å². The van der Waals surface area contributed by atoms with Gasteiger partial charge in [-0.1, -0.05) is 0 Å². The van der Waals surface area contributed by atoms with Gasteiger partial charge in [-0.2, -0.15) is 4.98 Å². The maximum Gasteiger partial charge on any atom is 0.239 e. The van der Waals surface area contributed by atoms with Gasteiger partial charge in [0, 0.05) is 30.6 Å². The summed E-state index contributed by atoms with van der Waals surface area (Å²) in [6.45, 7) is 2.49. The van der Waals surface area contributed by atoms with Crippen LogP contribution in [0.5, 0.6) is 5.88 Å². The summed E-state index contributed by atoms with van der Waals surface area (Å²) in [7, 11) is 1.59. The van der Waals surface area contributed by atoms with Gasteiger partial charge in [0.2, 0.25) is 11.8 Å². The van der Waals surface area contributed by atoms with E-state index in [0.717, 1.165) is 11.3 Å². The van der Waals surface area contributed by atoms with Crippen LogP contribution in [0.25, 0.3) is 0 Å². The van der Waals surface area contributed by atoms with Crippen LogP contribution >= 0.6 is 0 Å². The molecule has 0 aliphatic rings. The van der Waals surface area contributed by atoms with Gasteiger partial charge >= 0.3 is 0 Å². The van der Waals surface area contributed by atoms with E-state index in [1.807, 2.05) is 25.1 Å². The van der Waals surface area contributed by atoms with Gasteiger partial charge in [0.1, 0.15) is 5.82 Å². The van der Waals surface area contributed by atoms with Crippen LogP contribution < -0.4 is 21.3 Å². The number of nitrogens with zero attached hydrogens (tertiary/aromatic N) is 3. The Morgan fingerprint density at radius 2 is 2.16 bits per heavy atom. The van der Waals surface area contributed by atoms with Crippen LogP contribution in [-0.2, 0) is 6.54 Å². The third-order valence-corrected chi connectivity index (χ3v) is 2.47. The number of hydrazine groups is 1. The summed E-state index contributed by atoms with van der Waals surface area (Å²) in [4.78, 5) is 12.4. The highest BCUT2D eigenvalue weighted by Crippen LogP contribution is 2.12. The number of aromatic nitrogens is 3. The number of methoxy groups -OCH3 is 1. The molecular formula is C12H16N6O. The lowest BCUT2D eigenvalue weighted by molar-refractivity contribution is 0.397. The second kappa shape index (κ2) is 5.96. The molecule has 0 spiro atoms. The lowest BCUT2D eigenvalue weighted by atomic mass is 10.2. The molecule has 0 atom stereocenters. The van der Waals surface area contributed by atoms with Crippen molar-refractivity contribution in [1.82, 2.24) is 15.0 Å². The Bertz CT molecular complexity index is 560. The average molecular weight is 260 g/mol. The SMILES string of the molecule is COc1cc(CNc2cc(C)nc(NN)n2)ccn1. The van der Waals surface area contributed by atoms with Gasteiger partial charge in [-0.25, -0.2) is 15.8 Å². The highest BCUT2D eigenvalue weighted by atomic mass is 16.5. The Morgan fingerprint density at radius 1 is 1.32 bits per heavy atom. The van der Waals surface area contributed by atoms with Crippen LogP contribution in [0.1, 0.15) is 11.3 Å². The number of anilines is 2. The Balaban J connectivity index is 2.07. The number of hydrogen-bond donors (Lipinski definition) is 3. The topological polar surface area (TPSA) is 98.0 Å². The number of nitrogen functional groups attached to an aromatic ring is 1. The lowest BCUT2D eigenvalue weighted by Crippen LogP contribution is -2.12. The first-order chi connectivity index (χ1) is 9.21. The minimum Gasteiger partial charge on any atom is -0.481 e. The van der Waals surface area contributed by atoms with Gasteiger partial charge in [0.15, 0.2) is 0 Å². The Labute approximate surface area is 111 Å². The molecule has 2 heterocycles. The summed E-state index contributed by atoms with van der Waals surface area (Å²) in [5, 5.41) is 3.20. The zero-order valence-electron chi connectivity index (χ0n) is 10.8. The second-order valence-electron chi connectivity index (χ2n) is 3.92. The van der Waals surface area contributed by atoms with E-state index in [2.05, 4.69) is 25.7 Å². The molecule has 2 aromatic heterocycles. The minimum absolute atomic E-state index is 0.384. The molecule has 4 N–H and O–H groups in total. The average Bonchev–Trinajstić information content (AvgIpc) is 2.44. The molecule has 0 radical (unpaired) electrons. The van der Waals surface area contributed by atoms with Crippen LogP contribution in [0.15, 0.2) is 24.4 Å². The van der Waals surface area contributed by atoms with Crippen molar-refractivity contribution in [3.05, 3.63) is 35.7 Å². The van der Waals surface area contributed by atoms with Crippen molar-refractivity contribution in [2.75, 3.05) is 17.9 Å². The van der Waals surface area contributed by atoms with Gasteiger partial charge < -0.3 is 10.1 Å². The van der Waals surface area contributed by atoms with Crippen molar-refractivity contribution >= 4 is 11.8 Å². The van der Waals surface area contributed by atoms with Crippen LogP contribution in [0.4, 0.5) is 11.8 Å². The first-order valence-corrected chi connectivity index (χ1v) is 5.76. The summed E-state index contributed by atoms with van der Waals surface area (Å²) in [5.74, 6) is 6.98.